The second kappa shape index (κ2) is 6.29. The lowest BCUT2D eigenvalue weighted by molar-refractivity contribution is 0.414. The van der Waals surface area contributed by atoms with Gasteiger partial charge in [0, 0.05) is 10.0 Å². The Bertz CT molecular complexity index is 698. The zero-order valence-electron chi connectivity index (χ0n) is 10.8. The molecule has 0 bridgehead atoms. The number of H-pyrrole nitrogens is 1. The molecular formula is C12H12BrN5O2. The van der Waals surface area contributed by atoms with E-state index >= 15 is 0 Å². The van der Waals surface area contributed by atoms with Crippen molar-refractivity contribution >= 4 is 28.1 Å². The molecule has 104 valence electrons. The summed E-state index contributed by atoms with van der Waals surface area (Å²) in [6, 6.07) is 5.54. The Morgan fingerprint density at radius 2 is 2.25 bits per heavy atom. The average Bonchev–Trinajstić information content (AvgIpc) is 2.43. The second-order valence-corrected chi connectivity index (χ2v) is 4.76. The largest absolute Gasteiger partial charge is 0.496 e. The zero-order chi connectivity index (χ0) is 14.5. The summed E-state index contributed by atoms with van der Waals surface area (Å²) in [6.07, 6.45) is 1.56. The molecule has 0 unspecified atom stereocenters. The van der Waals surface area contributed by atoms with Gasteiger partial charge in [0.05, 0.1) is 13.3 Å². The van der Waals surface area contributed by atoms with Crippen LogP contribution in [0.25, 0.3) is 0 Å². The molecular weight excluding hydrogens is 326 g/mol. The molecule has 2 aromatic rings. The van der Waals surface area contributed by atoms with Gasteiger partial charge in [-0.25, -0.2) is 5.43 Å². The van der Waals surface area contributed by atoms with Crippen molar-refractivity contribution in [3.8, 4) is 5.75 Å². The molecule has 0 radical (unpaired) electrons. The molecule has 2 rings (SSSR count). The van der Waals surface area contributed by atoms with E-state index in [1.165, 1.54) is 0 Å². The molecule has 1 aromatic carbocycles. The number of hydrogen-bond donors (Lipinski definition) is 2. The van der Waals surface area contributed by atoms with E-state index in [0.717, 1.165) is 10.0 Å². The maximum absolute atomic E-state index is 11.3. The molecule has 0 aliphatic rings. The fraction of sp³-hybridized carbons (Fsp3) is 0.167. The van der Waals surface area contributed by atoms with E-state index in [2.05, 4.69) is 41.6 Å². The van der Waals surface area contributed by atoms with Gasteiger partial charge in [0.2, 0.25) is 5.95 Å². The lowest BCUT2D eigenvalue weighted by atomic mass is 10.2. The predicted octanol–water partition coefficient (Wildman–Crippen LogP) is 1.69. The molecule has 2 N–H and O–H groups in total. The first-order valence-corrected chi connectivity index (χ1v) is 6.45. The third-order valence-corrected chi connectivity index (χ3v) is 2.92. The van der Waals surface area contributed by atoms with Gasteiger partial charge >= 0.3 is 0 Å². The van der Waals surface area contributed by atoms with E-state index in [1.54, 1.807) is 20.2 Å². The average molecular weight is 338 g/mol. The summed E-state index contributed by atoms with van der Waals surface area (Å²) in [5, 5.41) is 11.4. The van der Waals surface area contributed by atoms with Crippen molar-refractivity contribution in [1.82, 2.24) is 15.2 Å². The Morgan fingerprint density at radius 3 is 2.95 bits per heavy atom. The quantitative estimate of drug-likeness (QED) is 0.654. The first-order valence-electron chi connectivity index (χ1n) is 5.66. The molecule has 0 aliphatic carbocycles. The van der Waals surface area contributed by atoms with Gasteiger partial charge in [-0.15, -0.1) is 10.2 Å². The Morgan fingerprint density at radius 1 is 1.45 bits per heavy atom. The van der Waals surface area contributed by atoms with Crippen LogP contribution in [0.3, 0.4) is 0 Å². The van der Waals surface area contributed by atoms with Gasteiger partial charge in [-0.2, -0.15) is 5.10 Å². The van der Waals surface area contributed by atoms with Crippen LogP contribution in [0, 0.1) is 6.92 Å². The molecule has 0 atom stereocenters. The summed E-state index contributed by atoms with van der Waals surface area (Å²) in [7, 11) is 1.58. The van der Waals surface area contributed by atoms with Crippen molar-refractivity contribution in [2.24, 2.45) is 5.10 Å². The summed E-state index contributed by atoms with van der Waals surface area (Å²) in [4.78, 5) is 13.8. The number of nitrogens with zero attached hydrogens (tertiary/aromatic N) is 3. The smallest absolute Gasteiger partial charge is 0.274 e. The number of aryl methyl sites for hydroxylation is 1. The number of ether oxygens (including phenoxy) is 1. The summed E-state index contributed by atoms with van der Waals surface area (Å²) >= 11 is 3.37. The van der Waals surface area contributed by atoms with Crippen molar-refractivity contribution in [2.45, 2.75) is 6.92 Å². The first-order chi connectivity index (χ1) is 9.60. The highest BCUT2D eigenvalue weighted by molar-refractivity contribution is 9.10. The monoisotopic (exact) mass is 337 g/mol. The van der Waals surface area contributed by atoms with Crippen LogP contribution in [0.5, 0.6) is 5.75 Å². The van der Waals surface area contributed by atoms with Crippen LogP contribution in [0.1, 0.15) is 11.3 Å². The highest BCUT2D eigenvalue weighted by Crippen LogP contribution is 2.21. The van der Waals surface area contributed by atoms with Gasteiger partial charge in [0.25, 0.3) is 5.56 Å². The SMILES string of the molecule is COc1ccc(Br)cc1/C=N/Nc1nnc(C)c(=O)[nH]1. The number of rotatable bonds is 4. The molecule has 0 fully saturated rings. The van der Waals surface area contributed by atoms with E-state index in [1.807, 2.05) is 18.2 Å². The second-order valence-electron chi connectivity index (χ2n) is 3.84. The maximum atomic E-state index is 11.3. The van der Waals surface area contributed by atoms with Crippen LogP contribution in [0.4, 0.5) is 5.95 Å². The number of anilines is 1. The van der Waals surface area contributed by atoms with Gasteiger partial charge in [0.15, 0.2) is 0 Å². The normalized spacial score (nSPS) is 10.8. The van der Waals surface area contributed by atoms with Crippen LogP contribution in [-0.4, -0.2) is 28.5 Å². The summed E-state index contributed by atoms with van der Waals surface area (Å²) in [5.41, 5.74) is 3.37. The Labute approximate surface area is 123 Å². The van der Waals surface area contributed by atoms with Gasteiger partial charge in [0.1, 0.15) is 11.4 Å². The highest BCUT2D eigenvalue weighted by Gasteiger charge is 2.01. The summed E-state index contributed by atoms with van der Waals surface area (Å²) < 4.78 is 6.12. The fourth-order valence-electron chi connectivity index (χ4n) is 1.41. The summed E-state index contributed by atoms with van der Waals surface area (Å²) in [5.74, 6) is 0.855. The Balaban J connectivity index is 2.15. The zero-order valence-corrected chi connectivity index (χ0v) is 12.4. The minimum absolute atomic E-state index is 0.172. The summed E-state index contributed by atoms with van der Waals surface area (Å²) in [6.45, 7) is 1.57. The Hall–Kier alpha value is -2.22. The lowest BCUT2D eigenvalue weighted by Gasteiger charge is -2.04. The molecule has 8 heteroatoms. The molecule has 0 saturated carbocycles. The maximum Gasteiger partial charge on any atom is 0.274 e. The lowest BCUT2D eigenvalue weighted by Crippen LogP contribution is -2.15. The van der Waals surface area contributed by atoms with Crippen molar-refractivity contribution in [2.75, 3.05) is 12.5 Å². The number of hydrazone groups is 1. The van der Waals surface area contributed by atoms with E-state index < -0.39 is 0 Å². The molecule has 0 saturated heterocycles. The number of methoxy groups -OCH3 is 1. The third kappa shape index (κ3) is 3.41. The van der Waals surface area contributed by atoms with Crippen LogP contribution in [0.2, 0.25) is 0 Å². The fourth-order valence-corrected chi connectivity index (χ4v) is 1.79. The Kier molecular flexibility index (Phi) is 4.46. The minimum atomic E-state index is -0.308. The molecule has 7 nitrogen and oxygen atoms in total. The van der Waals surface area contributed by atoms with Crippen molar-refractivity contribution in [1.29, 1.82) is 0 Å². The number of benzene rings is 1. The van der Waals surface area contributed by atoms with Crippen LogP contribution >= 0.6 is 15.9 Å². The van der Waals surface area contributed by atoms with E-state index in [9.17, 15) is 4.79 Å². The number of halogens is 1. The molecule has 0 spiro atoms. The molecule has 0 aliphatic heterocycles. The van der Waals surface area contributed by atoms with Gasteiger partial charge in [-0.05, 0) is 25.1 Å². The standard InChI is InChI=1S/C12H12BrN5O2/c1-7-11(19)15-12(18-16-7)17-14-6-8-5-9(13)3-4-10(8)20-2/h3-6H,1-2H3,(H2,15,17,18,19)/b14-6+. The van der Waals surface area contributed by atoms with Gasteiger partial charge in [-0.1, -0.05) is 15.9 Å². The van der Waals surface area contributed by atoms with Crippen molar-refractivity contribution in [3.05, 3.63) is 44.3 Å². The number of aromatic nitrogens is 3. The van der Waals surface area contributed by atoms with E-state index in [4.69, 9.17) is 4.74 Å². The van der Waals surface area contributed by atoms with Gasteiger partial charge < -0.3 is 4.74 Å². The van der Waals surface area contributed by atoms with Crippen molar-refractivity contribution in [3.63, 3.8) is 0 Å². The molecule has 20 heavy (non-hydrogen) atoms. The first kappa shape index (κ1) is 14.2. The molecule has 0 amide bonds. The van der Waals surface area contributed by atoms with Crippen LogP contribution < -0.4 is 15.7 Å². The van der Waals surface area contributed by atoms with Crippen molar-refractivity contribution < 1.29 is 4.74 Å². The van der Waals surface area contributed by atoms with Crippen LogP contribution in [0.15, 0.2) is 32.6 Å². The number of hydrogen-bond acceptors (Lipinski definition) is 6. The predicted molar refractivity (Wildman–Crippen MR) is 79.3 cm³/mol. The molecule has 1 aromatic heterocycles. The third-order valence-electron chi connectivity index (χ3n) is 2.43. The molecule has 1 heterocycles. The van der Waals surface area contributed by atoms with Crippen LogP contribution in [-0.2, 0) is 0 Å². The number of aromatic amines is 1. The van der Waals surface area contributed by atoms with E-state index in [-0.39, 0.29) is 11.5 Å². The number of nitrogens with one attached hydrogen (secondary N) is 2. The topological polar surface area (TPSA) is 92.3 Å². The van der Waals surface area contributed by atoms with E-state index in [0.29, 0.717) is 11.4 Å². The van der Waals surface area contributed by atoms with Gasteiger partial charge in [-0.3, -0.25) is 9.78 Å². The minimum Gasteiger partial charge on any atom is -0.496 e. The highest BCUT2D eigenvalue weighted by atomic mass is 79.9.